The molecule has 0 atom stereocenters. The summed E-state index contributed by atoms with van der Waals surface area (Å²) >= 11 is 15.2. The van der Waals surface area contributed by atoms with E-state index in [2.05, 4.69) is 15.9 Å². The van der Waals surface area contributed by atoms with Crippen LogP contribution in [0.15, 0.2) is 40.9 Å². The largest absolute Gasteiger partial charge is 0.489 e. The van der Waals surface area contributed by atoms with Crippen LogP contribution in [0, 0.1) is 5.82 Å². The van der Waals surface area contributed by atoms with E-state index in [4.69, 9.17) is 27.9 Å². The summed E-state index contributed by atoms with van der Waals surface area (Å²) in [5.41, 5.74) is 0.682. The van der Waals surface area contributed by atoms with E-state index >= 15 is 0 Å². The van der Waals surface area contributed by atoms with Crippen LogP contribution in [0.3, 0.4) is 0 Å². The van der Waals surface area contributed by atoms with Crippen LogP contribution >= 0.6 is 39.1 Å². The molecule has 94 valence electrons. The van der Waals surface area contributed by atoms with Crippen molar-refractivity contribution in [3.8, 4) is 5.75 Å². The number of rotatable bonds is 3. The highest BCUT2D eigenvalue weighted by Crippen LogP contribution is 2.27. The molecular formula is C13H8BrCl2FO. The number of hydrogen-bond acceptors (Lipinski definition) is 1. The monoisotopic (exact) mass is 348 g/mol. The second kappa shape index (κ2) is 5.91. The van der Waals surface area contributed by atoms with Gasteiger partial charge in [0.1, 0.15) is 18.2 Å². The van der Waals surface area contributed by atoms with Crippen molar-refractivity contribution in [1.82, 2.24) is 0 Å². The van der Waals surface area contributed by atoms with E-state index in [-0.39, 0.29) is 12.4 Å². The molecular weight excluding hydrogens is 342 g/mol. The van der Waals surface area contributed by atoms with Gasteiger partial charge in [0.2, 0.25) is 0 Å². The molecule has 1 nitrogen and oxygen atoms in total. The van der Waals surface area contributed by atoms with Crippen LogP contribution < -0.4 is 4.74 Å². The first kappa shape index (κ1) is 13.7. The zero-order valence-electron chi connectivity index (χ0n) is 9.09. The van der Waals surface area contributed by atoms with Crippen molar-refractivity contribution in [3.63, 3.8) is 0 Å². The lowest BCUT2D eigenvalue weighted by atomic mass is 10.2. The van der Waals surface area contributed by atoms with E-state index in [0.717, 1.165) is 0 Å². The first-order chi connectivity index (χ1) is 8.56. The van der Waals surface area contributed by atoms with Crippen LogP contribution in [0.25, 0.3) is 0 Å². The minimum atomic E-state index is -0.371. The first-order valence-electron chi connectivity index (χ1n) is 5.08. The highest BCUT2D eigenvalue weighted by Gasteiger charge is 2.07. The Morgan fingerprint density at radius 3 is 2.39 bits per heavy atom. The fourth-order valence-electron chi connectivity index (χ4n) is 1.44. The zero-order chi connectivity index (χ0) is 13.1. The molecule has 0 saturated carbocycles. The Morgan fingerprint density at radius 1 is 1.11 bits per heavy atom. The fraction of sp³-hybridized carbons (Fsp3) is 0.0769. The van der Waals surface area contributed by atoms with Crippen LogP contribution in [0.2, 0.25) is 10.0 Å². The summed E-state index contributed by atoms with van der Waals surface area (Å²) in [4.78, 5) is 0. The predicted octanol–water partition coefficient (Wildman–Crippen LogP) is 5.47. The molecule has 0 aliphatic heterocycles. The molecule has 0 fully saturated rings. The molecule has 18 heavy (non-hydrogen) atoms. The molecule has 2 aromatic carbocycles. The molecule has 0 spiro atoms. The van der Waals surface area contributed by atoms with Gasteiger partial charge in [-0.1, -0.05) is 45.2 Å². The number of benzene rings is 2. The van der Waals surface area contributed by atoms with E-state index in [1.807, 2.05) is 0 Å². The number of ether oxygens (including phenoxy) is 1. The Bertz CT molecular complexity index is 534. The molecule has 0 aromatic heterocycles. The van der Waals surface area contributed by atoms with Gasteiger partial charge in [-0.15, -0.1) is 0 Å². The molecule has 0 N–H and O–H groups in total. The van der Waals surface area contributed by atoms with Crippen LogP contribution in [0.5, 0.6) is 5.75 Å². The summed E-state index contributed by atoms with van der Waals surface area (Å²) in [6.45, 7) is 0.189. The Labute approximate surface area is 123 Å². The standard InChI is InChI=1S/C13H8BrCl2FO/c14-8-4-9(17)6-10(5-8)18-7-11-12(15)2-1-3-13(11)16/h1-6H,7H2. The van der Waals surface area contributed by atoms with Crippen molar-refractivity contribution in [3.05, 3.63) is 62.3 Å². The van der Waals surface area contributed by atoms with Gasteiger partial charge in [0, 0.05) is 26.1 Å². The van der Waals surface area contributed by atoms with Gasteiger partial charge in [0.15, 0.2) is 0 Å². The Hall–Kier alpha value is -0.770. The lowest BCUT2D eigenvalue weighted by Gasteiger charge is -2.09. The molecule has 5 heteroatoms. The number of halogens is 4. The van der Waals surface area contributed by atoms with Crippen molar-refractivity contribution >= 4 is 39.1 Å². The van der Waals surface area contributed by atoms with Crippen LogP contribution in [-0.4, -0.2) is 0 Å². The summed E-state index contributed by atoms with van der Waals surface area (Å²) in [5, 5.41) is 1.05. The smallest absolute Gasteiger partial charge is 0.128 e. The second-order valence-corrected chi connectivity index (χ2v) is 5.32. The molecule has 0 saturated heterocycles. The zero-order valence-corrected chi connectivity index (χ0v) is 12.2. The van der Waals surface area contributed by atoms with Crippen molar-refractivity contribution in [2.75, 3.05) is 0 Å². The highest BCUT2D eigenvalue weighted by atomic mass is 79.9. The highest BCUT2D eigenvalue weighted by molar-refractivity contribution is 9.10. The molecule has 2 rings (SSSR count). The Morgan fingerprint density at radius 2 is 1.78 bits per heavy atom. The quantitative estimate of drug-likeness (QED) is 0.713. The molecule has 2 aromatic rings. The number of hydrogen-bond donors (Lipinski definition) is 0. The third-order valence-corrected chi connectivity index (χ3v) is 3.45. The van der Waals surface area contributed by atoms with Gasteiger partial charge in [-0.05, 0) is 24.3 Å². The van der Waals surface area contributed by atoms with Crippen LogP contribution in [-0.2, 0) is 6.61 Å². The maximum absolute atomic E-state index is 13.2. The SMILES string of the molecule is Fc1cc(Br)cc(OCc2c(Cl)cccc2Cl)c1. The van der Waals surface area contributed by atoms with E-state index < -0.39 is 0 Å². The third-order valence-electron chi connectivity index (χ3n) is 2.28. The topological polar surface area (TPSA) is 9.23 Å². The molecule has 0 aliphatic rings. The third kappa shape index (κ3) is 3.37. The summed E-state index contributed by atoms with van der Waals surface area (Å²) < 4.78 is 19.2. The van der Waals surface area contributed by atoms with Crippen molar-refractivity contribution < 1.29 is 9.13 Å². The van der Waals surface area contributed by atoms with E-state index in [1.54, 1.807) is 24.3 Å². The Balaban J connectivity index is 2.16. The molecule has 0 aliphatic carbocycles. The lowest BCUT2D eigenvalue weighted by Crippen LogP contribution is -1.97. The summed E-state index contributed by atoms with van der Waals surface area (Å²) in [5.74, 6) is 0.0440. The lowest BCUT2D eigenvalue weighted by molar-refractivity contribution is 0.304. The first-order valence-corrected chi connectivity index (χ1v) is 6.63. The normalized spacial score (nSPS) is 10.4. The minimum Gasteiger partial charge on any atom is -0.489 e. The van der Waals surface area contributed by atoms with Gasteiger partial charge in [0.25, 0.3) is 0 Å². The molecule has 0 amide bonds. The average Bonchev–Trinajstić information content (AvgIpc) is 2.27. The maximum atomic E-state index is 13.2. The summed E-state index contributed by atoms with van der Waals surface area (Å²) in [6, 6.07) is 9.55. The molecule has 0 unspecified atom stereocenters. The van der Waals surface area contributed by atoms with Gasteiger partial charge in [-0.25, -0.2) is 4.39 Å². The van der Waals surface area contributed by atoms with Crippen LogP contribution in [0.4, 0.5) is 4.39 Å². The van der Waals surface area contributed by atoms with Crippen LogP contribution in [0.1, 0.15) is 5.56 Å². The molecule has 0 heterocycles. The fourth-order valence-corrected chi connectivity index (χ4v) is 2.39. The van der Waals surface area contributed by atoms with Gasteiger partial charge >= 0.3 is 0 Å². The molecule has 0 radical (unpaired) electrons. The molecule has 0 bridgehead atoms. The summed E-state index contributed by atoms with van der Waals surface area (Å²) in [6.07, 6.45) is 0. The van der Waals surface area contributed by atoms with Gasteiger partial charge < -0.3 is 4.74 Å². The van der Waals surface area contributed by atoms with Gasteiger partial charge in [0.05, 0.1) is 0 Å². The Kier molecular flexibility index (Phi) is 4.49. The van der Waals surface area contributed by atoms with Crippen molar-refractivity contribution in [2.24, 2.45) is 0 Å². The predicted molar refractivity (Wildman–Crippen MR) is 74.9 cm³/mol. The van der Waals surface area contributed by atoms with Crippen molar-refractivity contribution in [2.45, 2.75) is 6.61 Å². The maximum Gasteiger partial charge on any atom is 0.128 e. The van der Waals surface area contributed by atoms with E-state index in [0.29, 0.717) is 25.8 Å². The summed E-state index contributed by atoms with van der Waals surface area (Å²) in [7, 11) is 0. The van der Waals surface area contributed by atoms with E-state index in [9.17, 15) is 4.39 Å². The van der Waals surface area contributed by atoms with Gasteiger partial charge in [-0.2, -0.15) is 0 Å². The van der Waals surface area contributed by atoms with E-state index in [1.165, 1.54) is 12.1 Å². The average molecular weight is 350 g/mol. The second-order valence-electron chi connectivity index (χ2n) is 3.59. The van der Waals surface area contributed by atoms with Gasteiger partial charge in [-0.3, -0.25) is 0 Å². The van der Waals surface area contributed by atoms with Crippen molar-refractivity contribution in [1.29, 1.82) is 0 Å². The minimum absolute atomic E-state index is 0.189.